The molecular weight excluding hydrogens is 362 g/mol. The first kappa shape index (κ1) is 20.8. The number of hydrogen-bond donors (Lipinski definition) is 0. The summed E-state index contributed by atoms with van der Waals surface area (Å²) in [5.41, 5.74) is 2.65. The fourth-order valence-corrected chi connectivity index (χ4v) is 4.81. The number of benzene rings is 1. The molecule has 0 amide bonds. The molecule has 2 fully saturated rings. The molecule has 2 heterocycles. The van der Waals surface area contributed by atoms with Crippen molar-refractivity contribution >= 4 is 10.1 Å². The average molecular weight is 396 g/mol. The van der Waals surface area contributed by atoms with Crippen LogP contribution in [-0.2, 0) is 31.0 Å². The van der Waals surface area contributed by atoms with Crippen molar-refractivity contribution in [3.05, 3.63) is 35.4 Å². The van der Waals surface area contributed by atoms with Gasteiger partial charge in [0.05, 0.1) is 18.0 Å². The predicted octanol–water partition coefficient (Wildman–Crippen LogP) is 3.47. The first-order chi connectivity index (χ1) is 12.5. The summed E-state index contributed by atoms with van der Waals surface area (Å²) >= 11 is 0. The molecular formula is C21H33NO4S. The zero-order valence-electron chi connectivity index (χ0n) is 17.0. The van der Waals surface area contributed by atoms with Crippen molar-refractivity contribution in [3.8, 4) is 0 Å². The van der Waals surface area contributed by atoms with Crippen molar-refractivity contribution in [3.63, 3.8) is 0 Å². The van der Waals surface area contributed by atoms with Gasteiger partial charge in [-0.15, -0.1) is 0 Å². The Bertz CT molecular complexity index is 728. The smallest absolute Gasteiger partial charge is 0.264 e. The summed E-state index contributed by atoms with van der Waals surface area (Å²) in [5, 5.41) is 0. The van der Waals surface area contributed by atoms with Crippen LogP contribution in [0.3, 0.4) is 0 Å². The second-order valence-corrected chi connectivity index (χ2v) is 10.8. The minimum absolute atomic E-state index is 0.180. The SMILES string of the molecule is CC(C)(C)c1ccc(CN2CCC3(CC2)CC(OS(C)(=O)=O)CCO3)cc1. The summed E-state index contributed by atoms with van der Waals surface area (Å²) in [7, 11) is -3.41. The van der Waals surface area contributed by atoms with Crippen LogP contribution >= 0.6 is 0 Å². The summed E-state index contributed by atoms with van der Waals surface area (Å²) in [6.45, 7) is 10.2. The summed E-state index contributed by atoms with van der Waals surface area (Å²) in [5.74, 6) is 0. The van der Waals surface area contributed by atoms with Gasteiger partial charge in [0, 0.05) is 32.7 Å². The van der Waals surface area contributed by atoms with Crippen LogP contribution in [0.2, 0.25) is 0 Å². The second-order valence-electron chi connectivity index (χ2n) is 9.17. The highest BCUT2D eigenvalue weighted by molar-refractivity contribution is 7.86. The molecule has 2 saturated heterocycles. The lowest BCUT2D eigenvalue weighted by Gasteiger charge is -2.45. The van der Waals surface area contributed by atoms with Crippen molar-refractivity contribution < 1.29 is 17.3 Å². The molecule has 2 aliphatic rings. The number of piperidine rings is 1. The third-order valence-corrected chi connectivity index (χ3v) is 6.37. The zero-order valence-corrected chi connectivity index (χ0v) is 17.8. The fraction of sp³-hybridized carbons (Fsp3) is 0.714. The number of rotatable bonds is 4. The predicted molar refractivity (Wildman–Crippen MR) is 107 cm³/mol. The highest BCUT2D eigenvalue weighted by Crippen LogP contribution is 2.36. The van der Waals surface area contributed by atoms with Crippen LogP contribution in [0.15, 0.2) is 24.3 Å². The van der Waals surface area contributed by atoms with Gasteiger partial charge in [0.2, 0.25) is 0 Å². The molecule has 152 valence electrons. The van der Waals surface area contributed by atoms with Crippen LogP contribution in [0.5, 0.6) is 0 Å². The third kappa shape index (κ3) is 5.76. The third-order valence-electron chi connectivity index (χ3n) is 5.75. The molecule has 0 N–H and O–H groups in total. The molecule has 0 bridgehead atoms. The molecule has 6 heteroatoms. The van der Waals surface area contributed by atoms with E-state index in [1.807, 2.05) is 0 Å². The maximum Gasteiger partial charge on any atom is 0.264 e. The molecule has 0 aromatic heterocycles. The van der Waals surface area contributed by atoms with E-state index in [1.54, 1.807) is 0 Å². The highest BCUT2D eigenvalue weighted by atomic mass is 32.2. The van der Waals surface area contributed by atoms with Crippen LogP contribution in [-0.4, -0.2) is 51.0 Å². The Labute approximate surface area is 164 Å². The van der Waals surface area contributed by atoms with Crippen LogP contribution in [0, 0.1) is 0 Å². The summed E-state index contributed by atoms with van der Waals surface area (Å²) in [4.78, 5) is 2.46. The van der Waals surface area contributed by atoms with E-state index in [2.05, 4.69) is 49.9 Å². The molecule has 0 aliphatic carbocycles. The lowest BCUT2D eigenvalue weighted by Crippen LogP contribution is -2.50. The van der Waals surface area contributed by atoms with E-state index in [0.29, 0.717) is 19.4 Å². The normalized spacial score (nSPS) is 24.2. The van der Waals surface area contributed by atoms with Gasteiger partial charge in [0.15, 0.2) is 0 Å². The van der Waals surface area contributed by atoms with E-state index in [1.165, 1.54) is 11.1 Å². The van der Waals surface area contributed by atoms with E-state index in [0.717, 1.165) is 38.7 Å². The van der Waals surface area contributed by atoms with Crippen LogP contribution < -0.4 is 0 Å². The maximum absolute atomic E-state index is 11.4. The van der Waals surface area contributed by atoms with E-state index in [4.69, 9.17) is 8.92 Å². The van der Waals surface area contributed by atoms with Crippen molar-refractivity contribution in [1.82, 2.24) is 4.90 Å². The zero-order chi connectivity index (χ0) is 19.7. The van der Waals surface area contributed by atoms with E-state index >= 15 is 0 Å². The van der Waals surface area contributed by atoms with Gasteiger partial charge in [-0.1, -0.05) is 45.0 Å². The molecule has 2 aliphatic heterocycles. The topological polar surface area (TPSA) is 55.8 Å². The van der Waals surface area contributed by atoms with Gasteiger partial charge in [-0.05, 0) is 35.8 Å². The standard InChI is InChI=1S/C21H33NO4S/c1-20(2,3)18-7-5-17(6-8-18)16-22-12-10-21(11-13-22)15-19(9-14-25-21)26-27(4,23)24/h5-8,19H,9-16H2,1-4H3. The van der Waals surface area contributed by atoms with Gasteiger partial charge in [0.25, 0.3) is 10.1 Å². The van der Waals surface area contributed by atoms with Crippen LogP contribution in [0.4, 0.5) is 0 Å². The monoisotopic (exact) mass is 395 g/mol. The minimum atomic E-state index is -3.41. The molecule has 1 spiro atoms. The number of nitrogens with zero attached hydrogens (tertiary/aromatic N) is 1. The fourth-order valence-electron chi connectivity index (χ4n) is 4.15. The highest BCUT2D eigenvalue weighted by Gasteiger charge is 2.41. The molecule has 3 rings (SSSR count). The Balaban J connectivity index is 1.54. The van der Waals surface area contributed by atoms with Gasteiger partial charge < -0.3 is 4.74 Å². The maximum atomic E-state index is 11.4. The van der Waals surface area contributed by atoms with E-state index < -0.39 is 10.1 Å². The molecule has 27 heavy (non-hydrogen) atoms. The van der Waals surface area contributed by atoms with Crippen molar-refractivity contribution in [2.24, 2.45) is 0 Å². The summed E-state index contributed by atoms with van der Waals surface area (Å²) in [6.07, 6.45) is 4.06. The molecule has 1 unspecified atom stereocenters. The van der Waals surface area contributed by atoms with Gasteiger partial charge >= 0.3 is 0 Å². The minimum Gasteiger partial charge on any atom is -0.375 e. The van der Waals surface area contributed by atoms with Crippen LogP contribution in [0.1, 0.15) is 57.6 Å². The number of hydrogen-bond acceptors (Lipinski definition) is 5. The van der Waals surface area contributed by atoms with Gasteiger partial charge in [-0.25, -0.2) is 0 Å². The van der Waals surface area contributed by atoms with Crippen molar-refractivity contribution in [1.29, 1.82) is 0 Å². The van der Waals surface area contributed by atoms with E-state index in [-0.39, 0.29) is 17.1 Å². The first-order valence-corrected chi connectivity index (χ1v) is 11.7. The average Bonchev–Trinajstić information content (AvgIpc) is 2.56. The first-order valence-electron chi connectivity index (χ1n) is 9.89. The molecule has 0 saturated carbocycles. The van der Waals surface area contributed by atoms with Crippen molar-refractivity contribution in [2.75, 3.05) is 26.0 Å². The van der Waals surface area contributed by atoms with Gasteiger partial charge in [-0.2, -0.15) is 8.42 Å². The molecule has 0 radical (unpaired) electrons. The summed E-state index contributed by atoms with van der Waals surface area (Å²) < 4.78 is 34.2. The number of ether oxygens (including phenoxy) is 1. The van der Waals surface area contributed by atoms with Crippen LogP contribution in [0.25, 0.3) is 0 Å². The lowest BCUT2D eigenvalue weighted by molar-refractivity contribution is -0.138. The second kappa shape index (κ2) is 7.82. The van der Waals surface area contributed by atoms with Gasteiger partial charge in [0.1, 0.15) is 0 Å². The Hall–Kier alpha value is -0.950. The molecule has 1 aromatic rings. The Morgan fingerprint density at radius 2 is 1.81 bits per heavy atom. The summed E-state index contributed by atoms with van der Waals surface area (Å²) in [6, 6.07) is 8.94. The largest absolute Gasteiger partial charge is 0.375 e. The Kier molecular flexibility index (Phi) is 6.02. The quantitative estimate of drug-likeness (QED) is 0.731. The Morgan fingerprint density at radius 1 is 1.19 bits per heavy atom. The lowest BCUT2D eigenvalue weighted by atomic mass is 9.83. The molecule has 5 nitrogen and oxygen atoms in total. The Morgan fingerprint density at radius 3 is 2.37 bits per heavy atom. The molecule has 1 atom stereocenters. The van der Waals surface area contributed by atoms with Crippen molar-refractivity contribution in [2.45, 2.75) is 70.1 Å². The molecule has 1 aromatic carbocycles. The van der Waals surface area contributed by atoms with E-state index in [9.17, 15) is 8.42 Å². The van der Waals surface area contributed by atoms with Gasteiger partial charge in [-0.3, -0.25) is 9.08 Å². The number of likely N-dealkylation sites (tertiary alicyclic amines) is 1.